The van der Waals surface area contributed by atoms with Crippen molar-refractivity contribution in [3.05, 3.63) is 16.1 Å². The van der Waals surface area contributed by atoms with Gasteiger partial charge in [0.15, 0.2) is 0 Å². The standard InChI is InChI=1S/C10H16F2N2OS/c1-7-14-9(6-16-7)4-8(13)2-3-15-5-10(11)12/h6,8,10H,2-5,13H2,1H3. The van der Waals surface area contributed by atoms with E-state index in [0.29, 0.717) is 12.8 Å². The van der Waals surface area contributed by atoms with E-state index in [-0.39, 0.29) is 12.6 Å². The van der Waals surface area contributed by atoms with Crippen LogP contribution in [0.3, 0.4) is 0 Å². The van der Waals surface area contributed by atoms with E-state index in [1.807, 2.05) is 12.3 Å². The smallest absolute Gasteiger partial charge is 0.261 e. The minimum Gasteiger partial charge on any atom is -0.375 e. The Morgan fingerprint density at radius 2 is 2.31 bits per heavy atom. The number of hydrogen-bond acceptors (Lipinski definition) is 4. The first-order valence-corrected chi connectivity index (χ1v) is 5.98. The lowest BCUT2D eigenvalue weighted by molar-refractivity contribution is 0.0152. The Balaban J connectivity index is 2.13. The second-order valence-electron chi connectivity index (χ2n) is 3.58. The summed E-state index contributed by atoms with van der Waals surface area (Å²) in [6.07, 6.45) is -1.16. The molecule has 0 aromatic carbocycles. The highest BCUT2D eigenvalue weighted by atomic mass is 32.1. The molecule has 1 aromatic heterocycles. The number of halogens is 2. The largest absolute Gasteiger partial charge is 0.375 e. The van der Waals surface area contributed by atoms with Crippen LogP contribution in [0.1, 0.15) is 17.1 Å². The van der Waals surface area contributed by atoms with Gasteiger partial charge in [0.25, 0.3) is 6.43 Å². The molecule has 0 amide bonds. The highest BCUT2D eigenvalue weighted by Crippen LogP contribution is 2.10. The first kappa shape index (κ1) is 13.5. The second kappa shape index (κ2) is 6.88. The van der Waals surface area contributed by atoms with Crippen molar-refractivity contribution in [3.63, 3.8) is 0 Å². The van der Waals surface area contributed by atoms with Gasteiger partial charge in [0.1, 0.15) is 6.61 Å². The third kappa shape index (κ3) is 5.48. The number of ether oxygens (including phenoxy) is 1. The van der Waals surface area contributed by atoms with Gasteiger partial charge in [0.05, 0.1) is 10.7 Å². The van der Waals surface area contributed by atoms with E-state index in [0.717, 1.165) is 10.7 Å². The zero-order chi connectivity index (χ0) is 12.0. The molecule has 0 fully saturated rings. The molecule has 0 saturated heterocycles. The molecule has 92 valence electrons. The van der Waals surface area contributed by atoms with Crippen LogP contribution in [0.5, 0.6) is 0 Å². The fourth-order valence-electron chi connectivity index (χ4n) is 1.28. The summed E-state index contributed by atoms with van der Waals surface area (Å²) < 4.78 is 28.2. The first-order valence-electron chi connectivity index (χ1n) is 5.10. The quantitative estimate of drug-likeness (QED) is 0.753. The van der Waals surface area contributed by atoms with E-state index < -0.39 is 13.0 Å². The SMILES string of the molecule is Cc1nc(CC(N)CCOCC(F)F)cs1. The minimum absolute atomic E-state index is 0.0841. The summed E-state index contributed by atoms with van der Waals surface area (Å²) in [7, 11) is 0. The van der Waals surface area contributed by atoms with Crippen molar-refractivity contribution >= 4 is 11.3 Å². The van der Waals surface area contributed by atoms with Gasteiger partial charge in [0, 0.05) is 24.4 Å². The maximum absolute atomic E-state index is 11.7. The molecule has 0 bridgehead atoms. The topological polar surface area (TPSA) is 48.1 Å². The minimum atomic E-state index is -2.41. The maximum atomic E-state index is 11.7. The fraction of sp³-hybridized carbons (Fsp3) is 0.700. The van der Waals surface area contributed by atoms with Crippen LogP contribution in [0.15, 0.2) is 5.38 Å². The van der Waals surface area contributed by atoms with E-state index in [1.54, 1.807) is 11.3 Å². The normalized spacial score (nSPS) is 13.3. The van der Waals surface area contributed by atoms with E-state index in [4.69, 9.17) is 10.5 Å². The monoisotopic (exact) mass is 250 g/mol. The average Bonchev–Trinajstić information content (AvgIpc) is 2.58. The van der Waals surface area contributed by atoms with Crippen molar-refractivity contribution in [2.45, 2.75) is 32.2 Å². The van der Waals surface area contributed by atoms with Crippen molar-refractivity contribution < 1.29 is 13.5 Å². The molecule has 1 atom stereocenters. The lowest BCUT2D eigenvalue weighted by atomic mass is 10.1. The predicted octanol–water partition coefficient (Wildman–Crippen LogP) is 1.99. The summed E-state index contributed by atoms with van der Waals surface area (Å²) in [5.41, 5.74) is 6.79. The van der Waals surface area contributed by atoms with E-state index in [2.05, 4.69) is 4.98 Å². The molecule has 0 radical (unpaired) electrons. The zero-order valence-electron chi connectivity index (χ0n) is 9.16. The third-order valence-electron chi connectivity index (χ3n) is 2.01. The summed E-state index contributed by atoms with van der Waals surface area (Å²) in [6, 6.07) is -0.0841. The molecule has 2 N–H and O–H groups in total. The van der Waals surface area contributed by atoms with Gasteiger partial charge in [-0.25, -0.2) is 13.8 Å². The number of nitrogens with zero attached hydrogens (tertiary/aromatic N) is 1. The molecule has 0 saturated carbocycles. The molecule has 1 rings (SSSR count). The maximum Gasteiger partial charge on any atom is 0.261 e. The summed E-state index contributed by atoms with van der Waals surface area (Å²) in [5, 5.41) is 2.98. The highest BCUT2D eigenvalue weighted by molar-refractivity contribution is 7.09. The number of thiazole rings is 1. The average molecular weight is 250 g/mol. The summed E-state index contributed by atoms with van der Waals surface area (Å²) in [4.78, 5) is 4.28. The highest BCUT2D eigenvalue weighted by Gasteiger charge is 2.08. The predicted molar refractivity (Wildman–Crippen MR) is 60.0 cm³/mol. The Morgan fingerprint density at radius 3 is 2.88 bits per heavy atom. The van der Waals surface area contributed by atoms with Crippen molar-refractivity contribution in [1.82, 2.24) is 4.98 Å². The Hall–Kier alpha value is -0.590. The molecule has 6 heteroatoms. The van der Waals surface area contributed by atoms with Gasteiger partial charge in [-0.3, -0.25) is 0 Å². The van der Waals surface area contributed by atoms with E-state index in [9.17, 15) is 8.78 Å². The van der Waals surface area contributed by atoms with Crippen LogP contribution in [-0.4, -0.2) is 30.7 Å². The van der Waals surface area contributed by atoms with Gasteiger partial charge in [-0.05, 0) is 13.3 Å². The van der Waals surface area contributed by atoms with Crippen LogP contribution in [0.4, 0.5) is 8.78 Å². The molecule has 0 aliphatic heterocycles. The van der Waals surface area contributed by atoms with Gasteiger partial charge < -0.3 is 10.5 Å². The summed E-state index contributed by atoms with van der Waals surface area (Å²) >= 11 is 1.58. The first-order chi connectivity index (χ1) is 7.58. The van der Waals surface area contributed by atoms with Gasteiger partial charge in [-0.15, -0.1) is 11.3 Å². The number of nitrogens with two attached hydrogens (primary N) is 1. The molecule has 1 heterocycles. The zero-order valence-corrected chi connectivity index (χ0v) is 9.97. The molecule has 0 spiro atoms. The van der Waals surface area contributed by atoms with Gasteiger partial charge in [-0.1, -0.05) is 0 Å². The lowest BCUT2D eigenvalue weighted by Crippen LogP contribution is -2.25. The van der Waals surface area contributed by atoms with Crippen LogP contribution < -0.4 is 5.73 Å². The number of alkyl halides is 2. The van der Waals surface area contributed by atoms with Crippen LogP contribution in [-0.2, 0) is 11.2 Å². The summed E-state index contributed by atoms with van der Waals surface area (Å²) in [6.45, 7) is 1.70. The molecule has 0 aliphatic rings. The Labute approximate surface area is 97.6 Å². The molecule has 0 aliphatic carbocycles. The third-order valence-corrected chi connectivity index (χ3v) is 2.84. The van der Waals surface area contributed by atoms with E-state index in [1.165, 1.54) is 0 Å². The van der Waals surface area contributed by atoms with Crippen molar-refractivity contribution in [2.24, 2.45) is 5.73 Å². The van der Waals surface area contributed by atoms with Crippen molar-refractivity contribution in [3.8, 4) is 0 Å². The van der Waals surface area contributed by atoms with Crippen LogP contribution in [0, 0.1) is 6.92 Å². The fourth-order valence-corrected chi connectivity index (χ4v) is 1.91. The van der Waals surface area contributed by atoms with E-state index >= 15 is 0 Å². The molecule has 16 heavy (non-hydrogen) atoms. The van der Waals surface area contributed by atoms with Crippen LogP contribution >= 0.6 is 11.3 Å². The number of rotatable bonds is 7. The van der Waals surface area contributed by atoms with Gasteiger partial charge in [0.2, 0.25) is 0 Å². The second-order valence-corrected chi connectivity index (χ2v) is 4.64. The molecular formula is C10H16F2N2OS. The Bertz CT molecular complexity index is 307. The Kier molecular flexibility index (Phi) is 5.79. The van der Waals surface area contributed by atoms with Gasteiger partial charge in [-0.2, -0.15) is 0 Å². The number of aromatic nitrogens is 1. The van der Waals surface area contributed by atoms with Crippen LogP contribution in [0.25, 0.3) is 0 Å². The number of aryl methyl sites for hydroxylation is 1. The molecule has 1 aromatic rings. The lowest BCUT2D eigenvalue weighted by Gasteiger charge is -2.10. The van der Waals surface area contributed by atoms with Crippen molar-refractivity contribution in [2.75, 3.05) is 13.2 Å². The molecular weight excluding hydrogens is 234 g/mol. The molecule has 1 unspecified atom stereocenters. The van der Waals surface area contributed by atoms with Crippen LogP contribution in [0.2, 0.25) is 0 Å². The van der Waals surface area contributed by atoms with Crippen molar-refractivity contribution in [1.29, 1.82) is 0 Å². The Morgan fingerprint density at radius 1 is 1.56 bits per heavy atom. The number of hydrogen-bond donors (Lipinski definition) is 1. The van der Waals surface area contributed by atoms with Gasteiger partial charge >= 0.3 is 0 Å². The summed E-state index contributed by atoms with van der Waals surface area (Å²) in [5.74, 6) is 0. The molecule has 3 nitrogen and oxygen atoms in total.